The van der Waals surface area contributed by atoms with E-state index in [0.717, 1.165) is 52.1 Å². The predicted octanol–water partition coefficient (Wildman–Crippen LogP) is 6.24. The van der Waals surface area contributed by atoms with Gasteiger partial charge in [-0.25, -0.2) is 0 Å². The van der Waals surface area contributed by atoms with Crippen LogP contribution in [0.4, 0.5) is 10.5 Å². The summed E-state index contributed by atoms with van der Waals surface area (Å²) in [6.07, 6.45) is 7.41. The van der Waals surface area contributed by atoms with Gasteiger partial charge >= 0.3 is 0 Å². The van der Waals surface area contributed by atoms with Gasteiger partial charge in [-0.15, -0.1) is 0 Å². The van der Waals surface area contributed by atoms with E-state index in [1.807, 2.05) is 37.3 Å². The molecular weight excluding hydrogens is 591 g/mol. The first-order valence-corrected chi connectivity index (χ1v) is 13.9. The molecule has 4 rings (SSSR count). The van der Waals surface area contributed by atoms with E-state index in [1.54, 1.807) is 12.1 Å². The summed E-state index contributed by atoms with van der Waals surface area (Å²) >= 11 is 3.09. The highest BCUT2D eigenvalue weighted by Crippen LogP contribution is 2.38. The van der Waals surface area contributed by atoms with Crippen LogP contribution in [0.1, 0.15) is 43.2 Å². The molecule has 1 aliphatic carbocycles. The number of carbonyl (C=O) groups excluding carboxylic acids is 3. The fourth-order valence-corrected chi connectivity index (χ4v) is 6.00. The zero-order valence-corrected chi connectivity index (χ0v) is 23.3. The Labute approximate surface area is 229 Å². The molecule has 1 N–H and O–H groups in total. The van der Waals surface area contributed by atoms with Gasteiger partial charge in [-0.2, -0.15) is 0 Å². The summed E-state index contributed by atoms with van der Waals surface area (Å²) in [4.78, 5) is 39.6. The van der Waals surface area contributed by atoms with Gasteiger partial charge in [-0.3, -0.25) is 19.3 Å². The molecule has 0 bridgehead atoms. The largest absolute Gasteiger partial charge is 0.493 e. The lowest BCUT2D eigenvalue weighted by Crippen LogP contribution is -2.34. The first-order valence-electron chi connectivity index (χ1n) is 12.0. The van der Waals surface area contributed by atoms with Crippen LogP contribution >= 0.6 is 34.4 Å². The van der Waals surface area contributed by atoms with Gasteiger partial charge in [-0.1, -0.05) is 37.0 Å². The Morgan fingerprint density at radius 3 is 2.58 bits per heavy atom. The molecule has 190 valence electrons. The van der Waals surface area contributed by atoms with Crippen molar-refractivity contribution in [3.05, 3.63) is 56.0 Å². The van der Waals surface area contributed by atoms with E-state index in [4.69, 9.17) is 9.47 Å². The lowest BCUT2D eigenvalue weighted by molar-refractivity contribution is -0.123. The van der Waals surface area contributed by atoms with Crippen molar-refractivity contribution in [2.45, 2.75) is 39.0 Å². The van der Waals surface area contributed by atoms with Crippen molar-refractivity contribution < 1.29 is 23.9 Å². The zero-order chi connectivity index (χ0) is 25.7. The number of halogens is 1. The Bertz CT molecular complexity index is 1180. The van der Waals surface area contributed by atoms with Crippen molar-refractivity contribution in [3.8, 4) is 11.5 Å². The Morgan fingerprint density at radius 1 is 1.17 bits per heavy atom. The second-order valence-corrected chi connectivity index (χ2v) is 11.2. The Kier molecular flexibility index (Phi) is 8.95. The number of thioether (sulfide) groups is 1. The van der Waals surface area contributed by atoms with E-state index < -0.39 is 0 Å². The van der Waals surface area contributed by atoms with Crippen LogP contribution in [0.25, 0.3) is 6.08 Å². The molecule has 2 aromatic rings. The number of nitrogens with one attached hydrogen (secondary N) is 1. The summed E-state index contributed by atoms with van der Waals surface area (Å²) in [5.74, 6) is 0.759. The molecule has 3 amide bonds. The molecule has 2 aromatic carbocycles. The number of methoxy groups -OCH3 is 1. The molecule has 2 aliphatic rings. The van der Waals surface area contributed by atoms with Crippen LogP contribution in [0.2, 0.25) is 0 Å². The third kappa shape index (κ3) is 6.61. The molecule has 36 heavy (non-hydrogen) atoms. The van der Waals surface area contributed by atoms with Crippen molar-refractivity contribution >= 4 is 63.2 Å². The minimum Gasteiger partial charge on any atom is -0.493 e. The number of rotatable bonds is 8. The number of hydrogen-bond donors (Lipinski definition) is 1. The molecule has 1 heterocycles. The van der Waals surface area contributed by atoms with E-state index in [-0.39, 0.29) is 23.7 Å². The maximum atomic E-state index is 13.0. The summed E-state index contributed by atoms with van der Waals surface area (Å²) in [5, 5.41) is 2.59. The Morgan fingerprint density at radius 2 is 1.89 bits per heavy atom. The van der Waals surface area contributed by atoms with Gasteiger partial charge < -0.3 is 14.8 Å². The molecule has 9 heteroatoms. The van der Waals surface area contributed by atoms with Gasteiger partial charge in [0.2, 0.25) is 0 Å². The Hall–Kier alpha value is -2.53. The minimum absolute atomic E-state index is 0.181. The fourth-order valence-electron chi connectivity index (χ4n) is 4.37. The van der Waals surface area contributed by atoms with E-state index in [1.165, 1.54) is 18.4 Å². The predicted molar refractivity (Wildman–Crippen MR) is 150 cm³/mol. The number of amides is 3. The van der Waals surface area contributed by atoms with Gasteiger partial charge in [0.05, 0.1) is 15.6 Å². The van der Waals surface area contributed by atoms with Crippen LogP contribution in [-0.2, 0) is 9.59 Å². The molecular formula is C27H29IN2O5S. The molecule has 7 nitrogen and oxygen atoms in total. The average molecular weight is 621 g/mol. The molecule has 1 saturated heterocycles. The Balaban J connectivity index is 1.43. The maximum absolute atomic E-state index is 13.0. The van der Waals surface area contributed by atoms with Crippen molar-refractivity contribution in [1.29, 1.82) is 0 Å². The van der Waals surface area contributed by atoms with Crippen molar-refractivity contribution in [2.24, 2.45) is 5.92 Å². The number of aryl methyl sites for hydroxylation is 1. The number of anilines is 1. The number of benzene rings is 2. The van der Waals surface area contributed by atoms with Crippen molar-refractivity contribution in [3.63, 3.8) is 0 Å². The molecule has 0 radical (unpaired) electrons. The van der Waals surface area contributed by atoms with E-state index >= 15 is 0 Å². The fraction of sp³-hybridized carbons (Fsp3) is 0.370. The molecule has 2 fully saturated rings. The summed E-state index contributed by atoms with van der Waals surface area (Å²) in [6, 6.07) is 11.1. The van der Waals surface area contributed by atoms with Gasteiger partial charge in [0.15, 0.2) is 18.1 Å². The quantitative estimate of drug-likeness (QED) is 0.278. The minimum atomic E-state index is -0.285. The van der Waals surface area contributed by atoms with Crippen molar-refractivity contribution in [1.82, 2.24) is 4.90 Å². The molecule has 1 aliphatic heterocycles. The molecule has 0 spiro atoms. The molecule has 0 unspecified atom stereocenters. The normalized spacial score (nSPS) is 17.5. The van der Waals surface area contributed by atoms with Gasteiger partial charge in [0.25, 0.3) is 17.1 Å². The second kappa shape index (κ2) is 12.1. The topological polar surface area (TPSA) is 84.9 Å². The van der Waals surface area contributed by atoms with Gasteiger partial charge in [0.1, 0.15) is 0 Å². The van der Waals surface area contributed by atoms with E-state index in [2.05, 4.69) is 27.9 Å². The first kappa shape index (κ1) is 26.5. The van der Waals surface area contributed by atoms with Crippen LogP contribution < -0.4 is 14.8 Å². The number of carbonyl (C=O) groups is 3. The van der Waals surface area contributed by atoms with Crippen LogP contribution in [0, 0.1) is 16.4 Å². The monoisotopic (exact) mass is 620 g/mol. The van der Waals surface area contributed by atoms with Gasteiger partial charge in [0, 0.05) is 12.2 Å². The highest BCUT2D eigenvalue weighted by Gasteiger charge is 2.36. The first-order chi connectivity index (χ1) is 17.3. The van der Waals surface area contributed by atoms with Gasteiger partial charge in [-0.05, 0) is 95.9 Å². The van der Waals surface area contributed by atoms with Crippen LogP contribution in [-0.4, -0.2) is 42.2 Å². The molecule has 0 atom stereocenters. The smallest absolute Gasteiger partial charge is 0.293 e. The zero-order valence-electron chi connectivity index (χ0n) is 20.3. The summed E-state index contributed by atoms with van der Waals surface area (Å²) in [7, 11) is 1.52. The molecule has 1 saturated carbocycles. The molecule has 0 aromatic heterocycles. The SMILES string of the molecule is COc1cc(/C=C2/SC(=O)N(CC3CCCCC3)C2=O)cc(I)c1OCC(=O)Nc1ccc(C)cc1. The number of hydrogen-bond acceptors (Lipinski definition) is 6. The van der Waals surface area contributed by atoms with Crippen molar-refractivity contribution in [2.75, 3.05) is 25.6 Å². The number of imide groups is 1. The summed E-state index contributed by atoms with van der Waals surface area (Å²) in [5.41, 5.74) is 2.53. The maximum Gasteiger partial charge on any atom is 0.293 e. The standard InChI is InChI=1S/C27H29IN2O5S/c1-17-8-10-20(11-9-17)29-24(31)16-35-25-21(28)12-19(13-22(25)34-2)14-23-26(32)30(27(33)36-23)15-18-6-4-3-5-7-18/h8-14,18H,3-7,15-16H2,1-2H3,(H,29,31)/b23-14+. The highest BCUT2D eigenvalue weighted by molar-refractivity contribution is 14.1. The number of nitrogens with zero attached hydrogens (tertiary/aromatic N) is 1. The second-order valence-electron chi connectivity index (χ2n) is 9.03. The lowest BCUT2D eigenvalue weighted by Gasteiger charge is -2.25. The summed E-state index contributed by atoms with van der Waals surface area (Å²) in [6.45, 7) is 2.30. The lowest BCUT2D eigenvalue weighted by atomic mass is 9.89. The highest BCUT2D eigenvalue weighted by atomic mass is 127. The van der Waals surface area contributed by atoms with E-state index in [9.17, 15) is 14.4 Å². The van der Waals surface area contributed by atoms with E-state index in [0.29, 0.717) is 34.6 Å². The third-order valence-electron chi connectivity index (χ3n) is 6.27. The van der Waals surface area contributed by atoms with Crippen LogP contribution in [0.15, 0.2) is 41.3 Å². The average Bonchev–Trinajstić information content (AvgIpc) is 3.12. The summed E-state index contributed by atoms with van der Waals surface area (Å²) < 4.78 is 12.0. The number of ether oxygens (including phenoxy) is 2. The van der Waals surface area contributed by atoms with Crippen LogP contribution in [0.5, 0.6) is 11.5 Å². The third-order valence-corrected chi connectivity index (χ3v) is 7.98. The van der Waals surface area contributed by atoms with Crippen LogP contribution in [0.3, 0.4) is 0 Å².